The summed E-state index contributed by atoms with van der Waals surface area (Å²) in [5.74, 6) is 0.127. The summed E-state index contributed by atoms with van der Waals surface area (Å²) in [6.07, 6.45) is 3.44. The first-order chi connectivity index (χ1) is 9.63. The van der Waals surface area contributed by atoms with Crippen LogP contribution in [0.4, 0.5) is 0 Å². The molecule has 0 bridgehead atoms. The average molecular weight is 285 g/mol. The van der Waals surface area contributed by atoms with E-state index in [1.165, 1.54) is 0 Å². The van der Waals surface area contributed by atoms with Crippen molar-refractivity contribution in [2.24, 2.45) is 0 Å². The van der Waals surface area contributed by atoms with Gasteiger partial charge in [0.25, 0.3) is 0 Å². The Balaban J connectivity index is 1.97. The Hall–Kier alpha value is -2.06. The zero-order valence-corrected chi connectivity index (χ0v) is 11.5. The number of ketones is 1. The van der Waals surface area contributed by atoms with Gasteiger partial charge in [0.1, 0.15) is 5.75 Å². The molecule has 0 aliphatic heterocycles. The first-order valence-electron chi connectivity index (χ1n) is 6.46. The van der Waals surface area contributed by atoms with E-state index >= 15 is 0 Å². The molecule has 100 valence electrons. The van der Waals surface area contributed by atoms with Crippen molar-refractivity contribution in [3.63, 3.8) is 0 Å². The molecule has 1 aliphatic carbocycles. The Morgan fingerprint density at radius 3 is 2.55 bits per heavy atom. The van der Waals surface area contributed by atoms with Gasteiger partial charge in [-0.15, -0.1) is 0 Å². The second-order valence-electron chi connectivity index (χ2n) is 4.89. The number of carbonyl (C=O) groups excluding carboxylic acids is 1. The monoisotopic (exact) mass is 284 g/mol. The van der Waals surface area contributed by atoms with E-state index in [9.17, 15) is 9.90 Å². The van der Waals surface area contributed by atoms with Crippen LogP contribution in [0.5, 0.6) is 5.75 Å². The van der Waals surface area contributed by atoms with E-state index in [1.807, 2.05) is 24.3 Å². The Labute approximate surface area is 122 Å². The highest BCUT2D eigenvalue weighted by Crippen LogP contribution is 2.29. The minimum absolute atomic E-state index is 0.00269. The molecule has 0 heterocycles. The maximum atomic E-state index is 12.4. The summed E-state index contributed by atoms with van der Waals surface area (Å²) >= 11 is 5.85. The highest BCUT2D eigenvalue weighted by molar-refractivity contribution is 6.30. The highest BCUT2D eigenvalue weighted by atomic mass is 35.5. The Bertz CT molecular complexity index is 699. The SMILES string of the molecule is O=C1/C(=C/c2ccc(Cl)cc2)CCc2ccc(O)cc21. The van der Waals surface area contributed by atoms with E-state index in [0.717, 1.165) is 29.5 Å². The number of rotatable bonds is 1. The molecule has 2 aromatic rings. The molecule has 0 spiro atoms. The fourth-order valence-electron chi connectivity index (χ4n) is 2.45. The third-order valence-electron chi connectivity index (χ3n) is 3.50. The van der Waals surface area contributed by atoms with Crippen LogP contribution in [0.1, 0.15) is 27.9 Å². The zero-order chi connectivity index (χ0) is 14.1. The minimum atomic E-state index is -0.00269. The molecule has 2 aromatic carbocycles. The van der Waals surface area contributed by atoms with Crippen LogP contribution in [-0.4, -0.2) is 10.9 Å². The van der Waals surface area contributed by atoms with Gasteiger partial charge in [0.15, 0.2) is 5.78 Å². The molecule has 2 nitrogen and oxygen atoms in total. The van der Waals surface area contributed by atoms with E-state index in [4.69, 9.17) is 11.6 Å². The molecule has 0 fully saturated rings. The van der Waals surface area contributed by atoms with Crippen molar-refractivity contribution in [1.82, 2.24) is 0 Å². The third kappa shape index (κ3) is 2.47. The van der Waals surface area contributed by atoms with Crippen molar-refractivity contribution in [1.29, 1.82) is 0 Å². The lowest BCUT2D eigenvalue weighted by atomic mass is 9.86. The van der Waals surface area contributed by atoms with Crippen molar-refractivity contribution in [2.45, 2.75) is 12.8 Å². The molecule has 0 amide bonds. The van der Waals surface area contributed by atoms with Gasteiger partial charge in [-0.2, -0.15) is 0 Å². The molecule has 20 heavy (non-hydrogen) atoms. The van der Waals surface area contributed by atoms with Gasteiger partial charge in [-0.1, -0.05) is 29.8 Å². The summed E-state index contributed by atoms with van der Waals surface area (Å²) in [5, 5.41) is 10.2. The molecule has 0 aromatic heterocycles. The molecule has 0 saturated heterocycles. The number of fused-ring (bicyclic) bond motifs is 1. The highest BCUT2D eigenvalue weighted by Gasteiger charge is 2.22. The Morgan fingerprint density at radius 1 is 1.05 bits per heavy atom. The summed E-state index contributed by atoms with van der Waals surface area (Å²) < 4.78 is 0. The number of phenols is 1. The van der Waals surface area contributed by atoms with Gasteiger partial charge in [-0.05, 0) is 54.3 Å². The van der Waals surface area contributed by atoms with Crippen LogP contribution in [0.2, 0.25) is 5.02 Å². The van der Waals surface area contributed by atoms with Crippen molar-refractivity contribution in [2.75, 3.05) is 0 Å². The summed E-state index contributed by atoms with van der Waals surface area (Å²) in [5.41, 5.74) is 3.34. The summed E-state index contributed by atoms with van der Waals surface area (Å²) in [6.45, 7) is 0. The van der Waals surface area contributed by atoms with E-state index in [2.05, 4.69) is 0 Å². The number of allylic oxidation sites excluding steroid dienone is 1. The van der Waals surface area contributed by atoms with Crippen molar-refractivity contribution in [3.8, 4) is 5.75 Å². The van der Waals surface area contributed by atoms with Crippen LogP contribution in [0.25, 0.3) is 6.08 Å². The van der Waals surface area contributed by atoms with E-state index < -0.39 is 0 Å². The second-order valence-corrected chi connectivity index (χ2v) is 5.33. The normalized spacial score (nSPS) is 16.2. The first-order valence-corrected chi connectivity index (χ1v) is 6.84. The molecule has 3 rings (SSSR count). The van der Waals surface area contributed by atoms with Gasteiger partial charge in [0.2, 0.25) is 0 Å². The van der Waals surface area contributed by atoms with Crippen LogP contribution in [0.3, 0.4) is 0 Å². The van der Waals surface area contributed by atoms with Crippen molar-refractivity contribution < 1.29 is 9.90 Å². The molecule has 0 unspecified atom stereocenters. The lowest BCUT2D eigenvalue weighted by molar-refractivity contribution is 0.102. The Kier molecular flexibility index (Phi) is 3.33. The molecule has 1 aliphatic rings. The minimum Gasteiger partial charge on any atom is -0.508 e. The molecule has 0 atom stereocenters. The average Bonchev–Trinajstić information content (AvgIpc) is 2.45. The molecule has 3 heteroatoms. The summed E-state index contributed by atoms with van der Waals surface area (Å²) in [6, 6.07) is 12.4. The third-order valence-corrected chi connectivity index (χ3v) is 3.76. The number of benzene rings is 2. The molecular formula is C17H13ClO2. The van der Waals surface area contributed by atoms with Gasteiger partial charge in [-0.25, -0.2) is 0 Å². The number of carbonyl (C=O) groups is 1. The number of aryl methyl sites for hydroxylation is 1. The zero-order valence-electron chi connectivity index (χ0n) is 10.8. The quantitative estimate of drug-likeness (QED) is 0.795. The molecular weight excluding hydrogens is 272 g/mol. The standard InChI is InChI=1S/C17H13ClO2/c18-14-6-1-11(2-7-14)9-13-4-3-12-5-8-15(19)10-16(12)17(13)20/h1-2,5-10,19H,3-4H2/b13-9+. The number of aromatic hydroxyl groups is 1. The Morgan fingerprint density at radius 2 is 1.80 bits per heavy atom. The topological polar surface area (TPSA) is 37.3 Å². The van der Waals surface area contributed by atoms with E-state index in [-0.39, 0.29) is 11.5 Å². The van der Waals surface area contributed by atoms with Gasteiger partial charge in [-0.3, -0.25) is 4.79 Å². The number of Topliss-reactive ketones (excluding diaryl/α,β-unsaturated/α-hetero) is 1. The van der Waals surface area contributed by atoms with Gasteiger partial charge < -0.3 is 5.11 Å². The van der Waals surface area contributed by atoms with Crippen LogP contribution < -0.4 is 0 Å². The van der Waals surface area contributed by atoms with Crippen LogP contribution in [-0.2, 0) is 6.42 Å². The molecule has 0 saturated carbocycles. The van der Waals surface area contributed by atoms with Crippen molar-refractivity contribution in [3.05, 3.63) is 69.8 Å². The van der Waals surface area contributed by atoms with Gasteiger partial charge in [0.05, 0.1) is 0 Å². The van der Waals surface area contributed by atoms with Gasteiger partial charge in [0, 0.05) is 16.2 Å². The maximum absolute atomic E-state index is 12.4. The van der Waals surface area contributed by atoms with E-state index in [0.29, 0.717) is 10.6 Å². The van der Waals surface area contributed by atoms with E-state index in [1.54, 1.807) is 24.3 Å². The largest absolute Gasteiger partial charge is 0.508 e. The van der Waals surface area contributed by atoms with Crippen LogP contribution in [0.15, 0.2) is 48.0 Å². The van der Waals surface area contributed by atoms with Crippen molar-refractivity contribution >= 4 is 23.5 Å². The fourth-order valence-corrected chi connectivity index (χ4v) is 2.57. The second kappa shape index (κ2) is 5.14. The molecule has 1 N–H and O–H groups in total. The summed E-state index contributed by atoms with van der Waals surface area (Å²) in [4.78, 5) is 12.4. The predicted molar refractivity (Wildman–Crippen MR) is 80.2 cm³/mol. The maximum Gasteiger partial charge on any atom is 0.189 e. The molecule has 0 radical (unpaired) electrons. The van der Waals surface area contributed by atoms with Gasteiger partial charge >= 0.3 is 0 Å². The number of halogens is 1. The predicted octanol–water partition coefficient (Wildman–Crippen LogP) is 4.26. The lowest BCUT2D eigenvalue weighted by Gasteiger charge is -2.17. The fraction of sp³-hybridized carbons (Fsp3) is 0.118. The smallest absolute Gasteiger partial charge is 0.189 e. The lowest BCUT2D eigenvalue weighted by Crippen LogP contribution is -2.13. The summed E-state index contributed by atoms with van der Waals surface area (Å²) in [7, 11) is 0. The van der Waals surface area contributed by atoms with Crippen LogP contribution in [0, 0.1) is 0 Å². The number of hydrogen-bond donors (Lipinski definition) is 1. The number of hydrogen-bond acceptors (Lipinski definition) is 2. The first kappa shape index (κ1) is 12.9. The van der Waals surface area contributed by atoms with Crippen LogP contribution >= 0.6 is 11.6 Å². The number of phenolic OH excluding ortho intramolecular Hbond substituents is 1.